The lowest BCUT2D eigenvalue weighted by Gasteiger charge is -2.21. The summed E-state index contributed by atoms with van der Waals surface area (Å²) >= 11 is 12.1. The number of amides is 2. The lowest BCUT2D eigenvalue weighted by Crippen LogP contribution is -2.31. The predicted molar refractivity (Wildman–Crippen MR) is 134 cm³/mol. The Labute approximate surface area is 211 Å². The lowest BCUT2D eigenvalue weighted by molar-refractivity contribution is 0.0379. The third-order valence-corrected chi connectivity index (χ3v) is 6.44. The van der Waals surface area contributed by atoms with Crippen LogP contribution in [0.5, 0.6) is 0 Å². The van der Waals surface area contributed by atoms with Crippen LogP contribution in [0.1, 0.15) is 48.3 Å². The number of hydrogen-bond donors (Lipinski definition) is 0. The highest BCUT2D eigenvalue weighted by Crippen LogP contribution is 2.36. The topological polar surface area (TPSA) is 63.7 Å². The van der Waals surface area contributed by atoms with Gasteiger partial charge in [-0.25, -0.2) is 9.69 Å². The van der Waals surface area contributed by atoms with Crippen LogP contribution >= 0.6 is 23.2 Å². The number of carbonyl (C=O) groups excluding carboxylic acids is 3. The number of fused-ring (bicyclic) bond motifs is 1. The molecule has 0 saturated carbocycles. The van der Waals surface area contributed by atoms with Crippen LogP contribution in [0.25, 0.3) is 0 Å². The summed E-state index contributed by atoms with van der Waals surface area (Å²) in [4.78, 5) is 40.7. The summed E-state index contributed by atoms with van der Waals surface area (Å²) < 4.78 is 5.96. The Morgan fingerprint density at radius 2 is 1.14 bits per heavy atom. The molecule has 0 N–H and O–H groups in total. The van der Waals surface area contributed by atoms with Crippen molar-refractivity contribution in [2.24, 2.45) is 0 Å². The largest absolute Gasteiger partial charge is 0.449 e. The molecule has 5 rings (SSSR count). The summed E-state index contributed by atoms with van der Waals surface area (Å²) in [6, 6.07) is 27.7. The van der Waals surface area contributed by atoms with Gasteiger partial charge in [0.1, 0.15) is 0 Å². The van der Waals surface area contributed by atoms with Gasteiger partial charge in [0.15, 0.2) is 6.10 Å². The van der Waals surface area contributed by atoms with Crippen molar-refractivity contribution in [2.45, 2.75) is 6.10 Å². The van der Waals surface area contributed by atoms with E-state index >= 15 is 0 Å². The van der Waals surface area contributed by atoms with Crippen molar-refractivity contribution in [1.29, 1.82) is 0 Å². The van der Waals surface area contributed by atoms with E-state index < -0.39 is 23.9 Å². The highest BCUT2D eigenvalue weighted by atomic mass is 35.5. The van der Waals surface area contributed by atoms with Crippen molar-refractivity contribution in [3.8, 4) is 0 Å². The fraction of sp³-hybridized carbons (Fsp3) is 0.0357. The monoisotopic (exact) mass is 501 g/mol. The standard InChI is InChI=1S/C28H17Cl2NO4/c29-22-15-20-21(16-23(22)30)27(33)31(26(20)32)24-14-8-7-13-19(24)28(34)35-25(17-9-3-1-4-10-17)18-11-5-2-6-12-18/h1-16,25H. The Kier molecular flexibility index (Phi) is 6.12. The summed E-state index contributed by atoms with van der Waals surface area (Å²) in [6.07, 6.45) is -0.683. The summed E-state index contributed by atoms with van der Waals surface area (Å²) in [5.41, 5.74) is 2.02. The molecule has 35 heavy (non-hydrogen) atoms. The second kappa shape index (κ2) is 9.37. The third-order valence-electron chi connectivity index (χ3n) is 5.72. The van der Waals surface area contributed by atoms with Gasteiger partial charge in [0.2, 0.25) is 0 Å². The van der Waals surface area contributed by atoms with Crippen molar-refractivity contribution >= 4 is 46.7 Å². The van der Waals surface area contributed by atoms with Gasteiger partial charge in [-0.1, -0.05) is 96.0 Å². The second-order valence-corrected chi connectivity index (χ2v) is 8.70. The first-order chi connectivity index (χ1) is 17.0. The van der Waals surface area contributed by atoms with Crippen LogP contribution in [0.3, 0.4) is 0 Å². The van der Waals surface area contributed by atoms with E-state index in [1.807, 2.05) is 60.7 Å². The zero-order valence-corrected chi connectivity index (χ0v) is 19.7. The number of imide groups is 1. The van der Waals surface area contributed by atoms with Gasteiger partial charge in [-0.15, -0.1) is 0 Å². The minimum absolute atomic E-state index is 0.0797. The van der Waals surface area contributed by atoms with Crippen molar-refractivity contribution in [1.82, 2.24) is 0 Å². The maximum Gasteiger partial charge on any atom is 0.341 e. The molecule has 1 aliphatic rings. The average molecular weight is 502 g/mol. The molecule has 0 aromatic heterocycles. The fourth-order valence-electron chi connectivity index (χ4n) is 4.05. The van der Waals surface area contributed by atoms with Gasteiger partial charge >= 0.3 is 5.97 Å². The molecular formula is C28H17Cl2NO4. The lowest BCUT2D eigenvalue weighted by atomic mass is 10.0. The molecule has 2 amide bonds. The van der Waals surface area contributed by atoms with Crippen LogP contribution < -0.4 is 4.90 Å². The number of carbonyl (C=O) groups is 3. The molecule has 0 unspecified atom stereocenters. The normalized spacial score (nSPS) is 12.7. The Balaban J connectivity index is 1.52. The Bertz CT molecular complexity index is 1370. The number of anilines is 1. The minimum Gasteiger partial charge on any atom is -0.449 e. The fourth-order valence-corrected chi connectivity index (χ4v) is 4.38. The van der Waals surface area contributed by atoms with Crippen LogP contribution in [-0.4, -0.2) is 17.8 Å². The molecule has 5 nitrogen and oxygen atoms in total. The number of esters is 1. The van der Waals surface area contributed by atoms with E-state index in [1.54, 1.807) is 12.1 Å². The SMILES string of the molecule is O=C(OC(c1ccccc1)c1ccccc1)c1ccccc1N1C(=O)c2cc(Cl)c(Cl)cc2C1=O. The van der Waals surface area contributed by atoms with Crippen LogP contribution in [0.4, 0.5) is 5.69 Å². The zero-order chi connectivity index (χ0) is 24.5. The highest BCUT2D eigenvalue weighted by Gasteiger charge is 2.39. The number of rotatable bonds is 5. The van der Waals surface area contributed by atoms with E-state index in [1.165, 1.54) is 24.3 Å². The molecule has 172 valence electrons. The van der Waals surface area contributed by atoms with E-state index in [-0.39, 0.29) is 32.4 Å². The van der Waals surface area contributed by atoms with Gasteiger partial charge in [-0.05, 0) is 35.4 Å². The number of para-hydroxylation sites is 1. The molecule has 0 radical (unpaired) electrons. The number of ether oxygens (including phenoxy) is 1. The Hall–Kier alpha value is -3.93. The molecule has 4 aromatic rings. The summed E-state index contributed by atoms with van der Waals surface area (Å²) in [6.45, 7) is 0. The molecule has 7 heteroatoms. The number of hydrogen-bond acceptors (Lipinski definition) is 4. The van der Waals surface area contributed by atoms with Gasteiger partial charge in [-0.2, -0.15) is 0 Å². The van der Waals surface area contributed by atoms with Crippen molar-refractivity contribution in [2.75, 3.05) is 4.90 Å². The quantitative estimate of drug-likeness (QED) is 0.224. The van der Waals surface area contributed by atoms with E-state index in [0.717, 1.165) is 16.0 Å². The smallest absolute Gasteiger partial charge is 0.341 e. The predicted octanol–water partition coefficient (Wildman–Crippen LogP) is 6.74. The number of nitrogens with zero attached hydrogens (tertiary/aromatic N) is 1. The van der Waals surface area contributed by atoms with Crippen LogP contribution in [-0.2, 0) is 4.74 Å². The maximum atomic E-state index is 13.5. The molecule has 0 fully saturated rings. The molecule has 0 aliphatic carbocycles. The van der Waals surface area contributed by atoms with Gasteiger partial charge < -0.3 is 4.74 Å². The van der Waals surface area contributed by atoms with Crippen LogP contribution in [0.2, 0.25) is 10.0 Å². The maximum absolute atomic E-state index is 13.5. The van der Waals surface area contributed by atoms with Crippen LogP contribution in [0, 0.1) is 0 Å². The van der Waals surface area contributed by atoms with Crippen molar-refractivity contribution in [3.05, 3.63) is 135 Å². The van der Waals surface area contributed by atoms with E-state index in [0.29, 0.717) is 0 Å². The molecule has 0 saturated heterocycles. The van der Waals surface area contributed by atoms with Gasteiger partial charge in [0, 0.05) is 0 Å². The van der Waals surface area contributed by atoms with E-state index in [2.05, 4.69) is 0 Å². The summed E-state index contributed by atoms with van der Waals surface area (Å²) in [5.74, 6) is -1.86. The first-order valence-corrected chi connectivity index (χ1v) is 11.5. The summed E-state index contributed by atoms with van der Waals surface area (Å²) in [5, 5.41) is 0.323. The molecule has 0 spiro atoms. The number of benzene rings is 4. The minimum atomic E-state index is -0.683. The zero-order valence-electron chi connectivity index (χ0n) is 18.2. The van der Waals surface area contributed by atoms with Crippen molar-refractivity contribution < 1.29 is 19.1 Å². The number of halogens is 2. The Morgan fingerprint density at radius 1 is 0.686 bits per heavy atom. The third kappa shape index (κ3) is 4.20. The average Bonchev–Trinajstić information content (AvgIpc) is 3.12. The first kappa shape index (κ1) is 22.8. The van der Waals surface area contributed by atoms with Gasteiger partial charge in [-0.3, -0.25) is 9.59 Å². The van der Waals surface area contributed by atoms with Crippen LogP contribution in [0.15, 0.2) is 97.1 Å². The molecule has 1 heterocycles. The second-order valence-electron chi connectivity index (χ2n) is 7.88. The first-order valence-electron chi connectivity index (χ1n) is 10.7. The molecule has 1 aliphatic heterocycles. The van der Waals surface area contributed by atoms with Crippen molar-refractivity contribution in [3.63, 3.8) is 0 Å². The molecule has 0 atom stereocenters. The molecule has 4 aromatic carbocycles. The van der Waals surface area contributed by atoms with Gasteiger partial charge in [0.05, 0.1) is 32.4 Å². The molecule has 0 bridgehead atoms. The Morgan fingerprint density at radius 3 is 1.66 bits per heavy atom. The van der Waals surface area contributed by atoms with E-state index in [9.17, 15) is 14.4 Å². The van der Waals surface area contributed by atoms with Gasteiger partial charge in [0.25, 0.3) is 11.8 Å². The summed E-state index contributed by atoms with van der Waals surface area (Å²) in [7, 11) is 0. The van der Waals surface area contributed by atoms with E-state index in [4.69, 9.17) is 27.9 Å². The molecular weight excluding hydrogens is 485 g/mol. The highest BCUT2D eigenvalue weighted by molar-refractivity contribution is 6.44.